The molecular formula is C20H22N6O2S. The molecular weight excluding hydrogens is 388 g/mol. The van der Waals surface area contributed by atoms with E-state index in [1.807, 2.05) is 41.3 Å². The molecule has 29 heavy (non-hydrogen) atoms. The first-order valence-corrected chi connectivity index (χ1v) is 10.2. The smallest absolute Gasteiger partial charge is 0.323 e. The second kappa shape index (κ2) is 8.87. The summed E-state index contributed by atoms with van der Waals surface area (Å²) in [6, 6.07) is 11.7. The summed E-state index contributed by atoms with van der Waals surface area (Å²) in [5, 5.41) is 12.6. The number of hydrogen-bond donors (Lipinski definition) is 1. The van der Waals surface area contributed by atoms with Crippen LogP contribution in [0.15, 0.2) is 48.8 Å². The molecule has 0 spiro atoms. The molecule has 4 rings (SSSR count). The summed E-state index contributed by atoms with van der Waals surface area (Å²) in [5.74, 6) is 0.822. The lowest BCUT2D eigenvalue weighted by atomic mass is 10.1. The van der Waals surface area contributed by atoms with E-state index in [-0.39, 0.29) is 6.03 Å². The number of aromatic nitrogens is 3. The van der Waals surface area contributed by atoms with Crippen LogP contribution < -0.4 is 15.0 Å². The molecule has 0 aliphatic carbocycles. The molecule has 1 saturated heterocycles. The zero-order chi connectivity index (χ0) is 20.1. The van der Waals surface area contributed by atoms with Crippen molar-refractivity contribution in [2.24, 2.45) is 0 Å². The van der Waals surface area contributed by atoms with Gasteiger partial charge in [-0.3, -0.25) is 10.3 Å². The van der Waals surface area contributed by atoms with E-state index in [4.69, 9.17) is 4.74 Å². The van der Waals surface area contributed by atoms with Crippen LogP contribution in [0, 0.1) is 0 Å². The number of pyridine rings is 1. The third-order valence-electron chi connectivity index (χ3n) is 4.79. The molecule has 1 aliphatic heterocycles. The zero-order valence-electron chi connectivity index (χ0n) is 16.1. The van der Waals surface area contributed by atoms with Crippen molar-refractivity contribution < 1.29 is 9.53 Å². The Morgan fingerprint density at radius 3 is 2.48 bits per heavy atom. The van der Waals surface area contributed by atoms with Crippen molar-refractivity contribution in [2.75, 3.05) is 43.5 Å². The van der Waals surface area contributed by atoms with E-state index in [1.54, 1.807) is 19.5 Å². The number of nitrogens with one attached hydrogen (secondary N) is 1. The summed E-state index contributed by atoms with van der Waals surface area (Å²) in [7, 11) is 1.65. The lowest BCUT2D eigenvalue weighted by Crippen LogP contribution is -2.50. The first-order chi connectivity index (χ1) is 14.2. The van der Waals surface area contributed by atoms with Crippen LogP contribution in [-0.4, -0.2) is 59.4 Å². The van der Waals surface area contributed by atoms with Crippen molar-refractivity contribution in [1.82, 2.24) is 20.1 Å². The Labute approximate surface area is 173 Å². The van der Waals surface area contributed by atoms with Gasteiger partial charge in [0.1, 0.15) is 10.8 Å². The maximum absolute atomic E-state index is 12.6. The average Bonchev–Trinajstić information content (AvgIpc) is 3.21. The van der Waals surface area contributed by atoms with Crippen molar-refractivity contribution in [3.05, 3.63) is 59.4 Å². The molecule has 1 aliphatic rings. The normalized spacial score (nSPS) is 14.0. The second-order valence-electron chi connectivity index (χ2n) is 6.64. The van der Waals surface area contributed by atoms with Gasteiger partial charge in [-0.05, 0) is 29.8 Å². The Morgan fingerprint density at radius 2 is 1.79 bits per heavy atom. The van der Waals surface area contributed by atoms with Crippen LogP contribution in [0.2, 0.25) is 0 Å². The lowest BCUT2D eigenvalue weighted by Gasteiger charge is -2.35. The molecule has 0 radical (unpaired) electrons. The second-order valence-corrected chi connectivity index (χ2v) is 7.70. The van der Waals surface area contributed by atoms with Gasteiger partial charge in [0, 0.05) is 50.7 Å². The van der Waals surface area contributed by atoms with Crippen molar-refractivity contribution in [1.29, 1.82) is 0 Å². The van der Waals surface area contributed by atoms with E-state index in [1.165, 1.54) is 11.3 Å². The minimum absolute atomic E-state index is 0.133. The molecule has 2 aromatic heterocycles. The Hall–Kier alpha value is -3.20. The van der Waals surface area contributed by atoms with Gasteiger partial charge in [-0.1, -0.05) is 23.5 Å². The summed E-state index contributed by atoms with van der Waals surface area (Å²) < 4.78 is 5.17. The largest absolute Gasteiger partial charge is 0.497 e. The van der Waals surface area contributed by atoms with Gasteiger partial charge in [0.05, 0.1) is 7.11 Å². The van der Waals surface area contributed by atoms with Crippen molar-refractivity contribution >= 4 is 28.2 Å². The average molecular weight is 411 g/mol. The minimum atomic E-state index is -0.133. The number of rotatable bonds is 5. The van der Waals surface area contributed by atoms with Gasteiger partial charge in [0.2, 0.25) is 5.13 Å². The van der Waals surface area contributed by atoms with Crippen LogP contribution in [0.5, 0.6) is 5.75 Å². The SMILES string of the molecule is COc1ccc(Cc2nnc(NC(=O)N3CCN(c4ccncc4)CC3)s2)cc1. The Morgan fingerprint density at radius 1 is 1.07 bits per heavy atom. The maximum atomic E-state index is 12.6. The van der Waals surface area contributed by atoms with E-state index < -0.39 is 0 Å². The number of methoxy groups -OCH3 is 1. The number of carbonyl (C=O) groups excluding carboxylic acids is 1. The van der Waals surface area contributed by atoms with Crippen LogP contribution in [0.1, 0.15) is 10.6 Å². The number of hydrogen-bond acceptors (Lipinski definition) is 7. The monoisotopic (exact) mass is 410 g/mol. The number of nitrogens with zero attached hydrogens (tertiary/aromatic N) is 5. The van der Waals surface area contributed by atoms with Gasteiger partial charge in [-0.25, -0.2) is 4.79 Å². The van der Waals surface area contributed by atoms with Gasteiger partial charge in [-0.15, -0.1) is 10.2 Å². The van der Waals surface area contributed by atoms with Crippen LogP contribution in [0.3, 0.4) is 0 Å². The van der Waals surface area contributed by atoms with Gasteiger partial charge >= 0.3 is 6.03 Å². The number of ether oxygens (including phenoxy) is 1. The number of anilines is 2. The highest BCUT2D eigenvalue weighted by molar-refractivity contribution is 7.15. The Bertz CT molecular complexity index is 939. The topological polar surface area (TPSA) is 83.5 Å². The van der Waals surface area contributed by atoms with Crippen molar-refractivity contribution in [3.63, 3.8) is 0 Å². The molecule has 8 nitrogen and oxygen atoms in total. The first kappa shape index (κ1) is 19.1. The lowest BCUT2D eigenvalue weighted by molar-refractivity contribution is 0.208. The Balaban J connectivity index is 1.29. The molecule has 0 unspecified atom stereocenters. The predicted molar refractivity (Wildman–Crippen MR) is 113 cm³/mol. The maximum Gasteiger partial charge on any atom is 0.323 e. The molecule has 9 heteroatoms. The van der Waals surface area contributed by atoms with Gasteiger partial charge in [0.15, 0.2) is 0 Å². The van der Waals surface area contributed by atoms with E-state index in [0.29, 0.717) is 24.6 Å². The molecule has 1 fully saturated rings. The highest BCUT2D eigenvalue weighted by Crippen LogP contribution is 2.21. The molecule has 3 aromatic rings. The Kier molecular flexibility index (Phi) is 5.85. The van der Waals surface area contributed by atoms with E-state index in [0.717, 1.165) is 35.1 Å². The highest BCUT2D eigenvalue weighted by Gasteiger charge is 2.22. The summed E-state index contributed by atoms with van der Waals surface area (Å²) >= 11 is 1.40. The van der Waals surface area contributed by atoms with Crippen molar-refractivity contribution in [3.8, 4) is 5.75 Å². The molecule has 150 valence electrons. The van der Waals surface area contributed by atoms with E-state index >= 15 is 0 Å². The number of amides is 2. The van der Waals surface area contributed by atoms with Crippen LogP contribution in [-0.2, 0) is 6.42 Å². The number of carbonyl (C=O) groups is 1. The fraction of sp³-hybridized carbons (Fsp3) is 0.300. The molecule has 3 heterocycles. The minimum Gasteiger partial charge on any atom is -0.497 e. The molecule has 2 amide bonds. The third-order valence-corrected chi connectivity index (χ3v) is 5.63. The first-order valence-electron chi connectivity index (χ1n) is 9.37. The quantitative estimate of drug-likeness (QED) is 0.696. The number of urea groups is 1. The summed E-state index contributed by atoms with van der Waals surface area (Å²) in [4.78, 5) is 20.7. The summed E-state index contributed by atoms with van der Waals surface area (Å²) in [5.41, 5.74) is 2.25. The van der Waals surface area contributed by atoms with Gasteiger partial charge in [-0.2, -0.15) is 0 Å². The fourth-order valence-electron chi connectivity index (χ4n) is 3.19. The zero-order valence-corrected chi connectivity index (χ0v) is 16.9. The van der Waals surface area contributed by atoms with Gasteiger partial charge < -0.3 is 14.5 Å². The molecule has 0 atom stereocenters. The molecule has 1 aromatic carbocycles. The van der Waals surface area contributed by atoms with E-state index in [2.05, 4.69) is 25.4 Å². The fourth-order valence-corrected chi connectivity index (χ4v) is 3.95. The van der Waals surface area contributed by atoms with Crippen molar-refractivity contribution in [2.45, 2.75) is 6.42 Å². The number of piperazine rings is 1. The van der Waals surface area contributed by atoms with Gasteiger partial charge in [0.25, 0.3) is 0 Å². The molecule has 1 N–H and O–H groups in total. The highest BCUT2D eigenvalue weighted by atomic mass is 32.1. The van der Waals surface area contributed by atoms with Crippen LogP contribution in [0.25, 0.3) is 0 Å². The summed E-state index contributed by atoms with van der Waals surface area (Å²) in [6.45, 7) is 2.89. The van der Waals surface area contributed by atoms with Crippen LogP contribution in [0.4, 0.5) is 15.6 Å². The molecule has 0 bridgehead atoms. The predicted octanol–water partition coefficient (Wildman–Crippen LogP) is 2.89. The third kappa shape index (κ3) is 4.80. The molecule has 0 saturated carbocycles. The van der Waals surface area contributed by atoms with E-state index in [9.17, 15) is 4.79 Å². The number of benzene rings is 1. The van der Waals surface area contributed by atoms with Crippen LogP contribution >= 0.6 is 11.3 Å². The standard InChI is InChI=1S/C20H22N6O2S/c1-28-17-4-2-15(3-5-17)14-18-23-24-19(29-18)22-20(27)26-12-10-25(11-13-26)16-6-8-21-9-7-16/h2-9H,10-14H2,1H3,(H,22,24,27). The summed E-state index contributed by atoms with van der Waals surface area (Å²) in [6.07, 6.45) is 4.24.